The van der Waals surface area contributed by atoms with Gasteiger partial charge >= 0.3 is 0 Å². The largest absolute Gasteiger partial charge is 0.401 e. The molecular weight excluding hydrogens is 392 g/mol. The molecule has 0 unspecified atom stereocenters. The summed E-state index contributed by atoms with van der Waals surface area (Å²) in [6, 6.07) is 19.7. The molecule has 0 saturated heterocycles. The fourth-order valence-electron chi connectivity index (χ4n) is 3.76. The summed E-state index contributed by atoms with van der Waals surface area (Å²) in [7, 11) is -1.65. The number of ether oxygens (including phenoxy) is 1. The minimum Gasteiger partial charge on any atom is -0.401 e. The van der Waals surface area contributed by atoms with E-state index in [1.807, 2.05) is 60.7 Å². The van der Waals surface area contributed by atoms with Gasteiger partial charge < -0.3 is 13.7 Å². The summed E-state index contributed by atoms with van der Waals surface area (Å²) in [6.45, 7) is 5.50. The van der Waals surface area contributed by atoms with E-state index in [9.17, 15) is 4.79 Å². The topological polar surface area (TPSA) is 53.4 Å². The van der Waals surface area contributed by atoms with Crippen LogP contribution in [0.15, 0.2) is 66.9 Å². The molecule has 158 valence electrons. The smallest absolute Gasteiger partial charge is 0.261 e. The number of hydrogen-bond donors (Lipinski definition) is 0. The van der Waals surface area contributed by atoms with E-state index in [0.29, 0.717) is 0 Å². The number of Topliss-reactive ketones (excluding diaryl/α,β-unsaturated/α-hetero) is 1. The first-order valence-electron chi connectivity index (χ1n) is 10.9. The first kappa shape index (κ1) is 19.4. The molecule has 3 rings (SSSR count). The number of rotatable bonds is 8. The first-order valence-corrected chi connectivity index (χ1v) is 11.8. The van der Waals surface area contributed by atoms with Gasteiger partial charge in [0.1, 0.15) is 6.73 Å². The molecule has 0 atom stereocenters. The Bertz CT molecular complexity index is 1020. The molecule has 0 fully saturated rings. The van der Waals surface area contributed by atoms with Gasteiger partial charge in [-0.2, -0.15) is 0 Å². The van der Waals surface area contributed by atoms with Gasteiger partial charge in [-0.25, -0.2) is 4.98 Å². The number of methoxy groups -OCH3 is 1. The number of carbonyl (C=O) groups is 1. The van der Waals surface area contributed by atoms with Gasteiger partial charge in [0.05, 0.1) is 15.0 Å². The second-order valence-corrected chi connectivity index (χ2v) is 12.5. The number of aromatic nitrogens is 2. The van der Waals surface area contributed by atoms with Gasteiger partial charge in [-0.3, -0.25) is 4.79 Å². The third-order valence-corrected chi connectivity index (χ3v) is 9.90. The van der Waals surface area contributed by atoms with Crippen molar-refractivity contribution in [1.29, 1.82) is 0 Å². The molecular formula is C24H30N2O3Si. The van der Waals surface area contributed by atoms with E-state index in [4.69, 9.17) is 11.9 Å². The minimum absolute atomic E-state index is 0.0488. The Labute approximate surface area is 182 Å². The summed E-state index contributed by atoms with van der Waals surface area (Å²) >= 11 is 0. The minimum atomic E-state index is -3.16. The highest BCUT2D eigenvalue weighted by Gasteiger charge is 2.50. The maximum absolute atomic E-state index is 12.1. The van der Waals surface area contributed by atoms with Crippen molar-refractivity contribution in [1.82, 2.24) is 9.55 Å². The molecule has 0 amide bonds. The third kappa shape index (κ3) is 4.31. The predicted octanol–water partition coefficient (Wildman–Crippen LogP) is 3.77. The zero-order valence-corrected chi connectivity index (χ0v) is 19.2. The lowest BCUT2D eigenvalue weighted by Gasteiger charge is -2.42. The van der Waals surface area contributed by atoms with Crippen molar-refractivity contribution in [3.63, 3.8) is 0 Å². The van der Waals surface area contributed by atoms with Crippen molar-refractivity contribution in [3.8, 4) is 0 Å². The molecule has 30 heavy (non-hydrogen) atoms. The molecule has 0 radical (unpaired) electrons. The number of carbonyl (C=O) groups excluding carboxylic acids is 1. The van der Waals surface area contributed by atoms with Crippen LogP contribution in [0.5, 0.6) is 0 Å². The van der Waals surface area contributed by atoms with Crippen LogP contribution in [0.25, 0.3) is 0 Å². The molecule has 0 N–H and O–H groups in total. The molecule has 0 aliphatic carbocycles. The number of imidazole rings is 1. The standard InChI is InChI=1S/C24H30N2O3Si/c1-19(27)23-25-20(16-26(23)18-28-5)17-29-30(24(2,3)4,21-12-8-6-9-13-21)22-14-10-7-11-15-22/h6-16H,17-18H2,1-5H3/i17D2. The van der Waals surface area contributed by atoms with Crippen LogP contribution < -0.4 is 10.4 Å². The molecule has 0 bridgehead atoms. The van der Waals surface area contributed by atoms with E-state index in [2.05, 4.69) is 25.8 Å². The van der Waals surface area contributed by atoms with Gasteiger partial charge in [0, 0.05) is 20.2 Å². The van der Waals surface area contributed by atoms with Crippen LogP contribution >= 0.6 is 0 Å². The zero-order valence-electron chi connectivity index (χ0n) is 20.2. The normalized spacial score (nSPS) is 13.6. The van der Waals surface area contributed by atoms with Crippen molar-refractivity contribution in [3.05, 3.63) is 78.4 Å². The monoisotopic (exact) mass is 424 g/mol. The summed E-state index contributed by atoms with van der Waals surface area (Å²) in [5, 5.41) is 1.53. The van der Waals surface area contributed by atoms with Crippen LogP contribution in [0.2, 0.25) is 5.04 Å². The third-order valence-electron chi connectivity index (χ3n) is 5.09. The number of hydrogen-bond acceptors (Lipinski definition) is 4. The van der Waals surface area contributed by atoms with Crippen molar-refractivity contribution in [2.45, 2.75) is 46.0 Å². The van der Waals surface area contributed by atoms with Crippen LogP contribution in [0.3, 0.4) is 0 Å². The zero-order chi connectivity index (χ0) is 23.6. The van der Waals surface area contributed by atoms with Crippen molar-refractivity contribution in [2.24, 2.45) is 0 Å². The average molecular weight is 425 g/mol. The van der Waals surface area contributed by atoms with E-state index < -0.39 is 19.9 Å². The molecule has 0 aliphatic heterocycles. The number of benzene rings is 2. The lowest BCUT2D eigenvalue weighted by molar-refractivity contribution is 0.0962. The van der Waals surface area contributed by atoms with Crippen LogP contribution in [0, 0.1) is 0 Å². The van der Waals surface area contributed by atoms with Crippen molar-refractivity contribution in [2.75, 3.05) is 7.11 Å². The molecule has 1 heterocycles. The fourth-order valence-corrected chi connectivity index (χ4v) is 7.95. The lowest BCUT2D eigenvalue weighted by Crippen LogP contribution is -2.66. The fraction of sp³-hybridized carbons (Fsp3) is 0.333. The maximum Gasteiger partial charge on any atom is 0.261 e. The van der Waals surface area contributed by atoms with E-state index in [-0.39, 0.29) is 24.0 Å². The summed E-state index contributed by atoms with van der Waals surface area (Å²) in [5.74, 6) is -0.133. The van der Waals surface area contributed by atoms with E-state index in [1.54, 1.807) is 0 Å². The van der Waals surface area contributed by atoms with Gasteiger partial charge in [0.25, 0.3) is 8.32 Å². The van der Waals surface area contributed by atoms with Crippen LogP contribution in [0.4, 0.5) is 0 Å². The van der Waals surface area contributed by atoms with E-state index in [0.717, 1.165) is 10.4 Å². The van der Waals surface area contributed by atoms with Crippen LogP contribution in [-0.2, 0) is 22.5 Å². The second kappa shape index (κ2) is 9.08. The van der Waals surface area contributed by atoms with E-state index >= 15 is 0 Å². The molecule has 0 saturated carbocycles. The molecule has 5 nitrogen and oxygen atoms in total. The SMILES string of the molecule is [2H]C([2H])(O[Si](c1ccccc1)(c1ccccc1)C(C)(C)C)c1cn(COC)c(C(C)=O)n1. The molecule has 0 spiro atoms. The lowest BCUT2D eigenvalue weighted by atomic mass is 10.2. The Hall–Kier alpha value is -2.54. The van der Waals surface area contributed by atoms with Crippen LogP contribution in [0.1, 0.15) is 46.7 Å². The van der Waals surface area contributed by atoms with Gasteiger partial charge in [-0.1, -0.05) is 81.4 Å². The number of nitrogens with zero attached hydrogens (tertiary/aromatic N) is 2. The Balaban J connectivity index is 2.21. The van der Waals surface area contributed by atoms with Gasteiger partial charge in [0.15, 0.2) is 11.6 Å². The quantitative estimate of drug-likeness (QED) is 0.408. The summed E-state index contributed by atoms with van der Waals surface area (Å²) in [4.78, 5) is 16.4. The molecule has 2 aromatic carbocycles. The van der Waals surface area contributed by atoms with Crippen molar-refractivity contribution >= 4 is 24.5 Å². The Kier molecular flexibility index (Phi) is 5.88. The average Bonchev–Trinajstić information content (AvgIpc) is 3.18. The highest BCUT2D eigenvalue weighted by Crippen LogP contribution is 2.37. The predicted molar refractivity (Wildman–Crippen MR) is 122 cm³/mol. The first-order chi connectivity index (χ1) is 15.0. The summed E-state index contributed by atoms with van der Waals surface area (Å²) < 4.78 is 31.1. The van der Waals surface area contributed by atoms with Gasteiger partial charge in [-0.05, 0) is 15.4 Å². The second-order valence-electron chi connectivity index (χ2n) is 8.26. The number of ketones is 1. The maximum atomic E-state index is 12.1. The van der Waals surface area contributed by atoms with Crippen LogP contribution in [-0.4, -0.2) is 30.8 Å². The molecule has 1 aromatic heterocycles. The summed E-state index contributed by atoms with van der Waals surface area (Å²) in [5.41, 5.74) is 0.0488. The Morgan fingerprint density at radius 3 is 2.03 bits per heavy atom. The highest BCUT2D eigenvalue weighted by molar-refractivity contribution is 6.99. The van der Waals surface area contributed by atoms with Gasteiger partial charge in [0.2, 0.25) is 0 Å². The highest BCUT2D eigenvalue weighted by atomic mass is 28.4. The molecule has 6 heteroatoms. The Morgan fingerprint density at radius 1 is 1.07 bits per heavy atom. The molecule has 0 aliphatic rings. The van der Waals surface area contributed by atoms with E-state index in [1.165, 1.54) is 24.8 Å². The Morgan fingerprint density at radius 2 is 1.60 bits per heavy atom. The molecule has 3 aromatic rings. The summed E-state index contributed by atoms with van der Waals surface area (Å²) in [6.07, 6.45) is 1.50. The van der Waals surface area contributed by atoms with Gasteiger partial charge in [-0.15, -0.1) is 0 Å². The van der Waals surface area contributed by atoms with Crippen molar-refractivity contribution < 1.29 is 16.7 Å².